The minimum absolute atomic E-state index is 0.0813. The van der Waals surface area contributed by atoms with E-state index in [4.69, 9.17) is 5.11 Å². The highest BCUT2D eigenvalue weighted by molar-refractivity contribution is 6.01. The van der Waals surface area contributed by atoms with Crippen molar-refractivity contribution in [3.8, 4) is 0 Å². The lowest BCUT2D eigenvalue weighted by Crippen LogP contribution is -2.24. The van der Waals surface area contributed by atoms with Gasteiger partial charge in [-0.25, -0.2) is 8.78 Å². The van der Waals surface area contributed by atoms with Gasteiger partial charge in [-0.05, 0) is 68.7 Å². The number of rotatable bonds is 13. The summed E-state index contributed by atoms with van der Waals surface area (Å²) < 4.78 is 28.4. The molecule has 4 N–H and O–H groups in total. The number of carbonyl (C=O) groups excluding carboxylic acids is 1. The molecule has 7 nitrogen and oxygen atoms in total. The van der Waals surface area contributed by atoms with E-state index < -0.39 is 17.6 Å². The van der Waals surface area contributed by atoms with Gasteiger partial charge in [0.1, 0.15) is 0 Å². The third-order valence-corrected chi connectivity index (χ3v) is 5.46. The summed E-state index contributed by atoms with van der Waals surface area (Å²) in [6.45, 7) is 7.82. The van der Waals surface area contributed by atoms with E-state index in [1.54, 1.807) is 38.1 Å². The Hall–Kier alpha value is -4.01. The lowest BCUT2D eigenvalue weighted by molar-refractivity contribution is -0.137. The van der Waals surface area contributed by atoms with Crippen LogP contribution < -0.4 is 16.0 Å². The molecular weight excluding hydrogens is 466 g/mol. The number of benzene rings is 2. The fraction of sp³-hybridized carbons (Fsp3) is 0.296. The SMILES string of the molecule is C=C(Nc1ccc(C(=O)NCCCCCC(=O)O)cc1)C(C)=N/C=C(\C)c1ccc(NC)c(F)c1F. The van der Waals surface area contributed by atoms with Crippen molar-refractivity contribution < 1.29 is 23.5 Å². The maximum absolute atomic E-state index is 14.3. The molecule has 36 heavy (non-hydrogen) atoms. The molecule has 0 radical (unpaired) electrons. The number of nitrogens with zero attached hydrogens (tertiary/aromatic N) is 1. The van der Waals surface area contributed by atoms with Gasteiger partial charge >= 0.3 is 5.97 Å². The van der Waals surface area contributed by atoms with Gasteiger partial charge in [-0.15, -0.1) is 0 Å². The van der Waals surface area contributed by atoms with E-state index in [9.17, 15) is 18.4 Å². The maximum Gasteiger partial charge on any atom is 0.303 e. The molecule has 0 aliphatic rings. The van der Waals surface area contributed by atoms with Crippen molar-refractivity contribution in [2.24, 2.45) is 4.99 Å². The monoisotopic (exact) mass is 498 g/mol. The molecule has 1 amide bonds. The largest absolute Gasteiger partial charge is 0.481 e. The summed E-state index contributed by atoms with van der Waals surface area (Å²) in [5.41, 5.74) is 2.92. The summed E-state index contributed by atoms with van der Waals surface area (Å²) in [4.78, 5) is 27.1. The van der Waals surface area contributed by atoms with Gasteiger partial charge in [0.2, 0.25) is 0 Å². The molecule has 192 valence electrons. The molecule has 0 fully saturated rings. The van der Waals surface area contributed by atoms with Crippen molar-refractivity contribution in [1.82, 2.24) is 5.32 Å². The average molecular weight is 499 g/mol. The highest BCUT2D eigenvalue weighted by Gasteiger charge is 2.13. The average Bonchev–Trinajstić information content (AvgIpc) is 2.86. The number of carboxylic acids is 1. The van der Waals surface area contributed by atoms with E-state index in [1.807, 2.05) is 0 Å². The molecule has 0 aliphatic heterocycles. The van der Waals surface area contributed by atoms with Gasteiger partial charge in [0, 0.05) is 43.0 Å². The van der Waals surface area contributed by atoms with E-state index in [2.05, 4.69) is 27.5 Å². The van der Waals surface area contributed by atoms with Crippen LogP contribution in [0.15, 0.2) is 59.9 Å². The first kappa shape index (κ1) is 28.2. The van der Waals surface area contributed by atoms with Crippen LogP contribution in [0.25, 0.3) is 5.57 Å². The normalized spacial score (nSPS) is 11.7. The number of aliphatic carboxylic acids is 1. The Morgan fingerprint density at radius 1 is 1.03 bits per heavy atom. The topological polar surface area (TPSA) is 103 Å². The number of hydrogen-bond donors (Lipinski definition) is 4. The van der Waals surface area contributed by atoms with Crippen molar-refractivity contribution in [2.45, 2.75) is 39.5 Å². The molecule has 0 saturated heterocycles. The molecule has 0 heterocycles. The fourth-order valence-corrected chi connectivity index (χ4v) is 3.24. The van der Waals surface area contributed by atoms with E-state index in [-0.39, 0.29) is 23.6 Å². The quantitative estimate of drug-likeness (QED) is 0.206. The standard InChI is InChI=1S/C27H32F2N4O3/c1-17(22-13-14-23(30-4)26(29)25(22)28)16-32-18(2)19(3)33-21-11-9-20(10-12-21)27(36)31-15-7-5-6-8-24(34)35/h9-14,16,30,33H,3,5-8,15H2,1-2,4H3,(H,31,36)(H,34,35)/b17-16+,32-18?. The number of halogens is 2. The second-order valence-electron chi connectivity index (χ2n) is 8.21. The van der Waals surface area contributed by atoms with Crippen molar-refractivity contribution in [3.05, 3.63) is 77.6 Å². The van der Waals surface area contributed by atoms with Crippen molar-refractivity contribution in [3.63, 3.8) is 0 Å². The van der Waals surface area contributed by atoms with Crippen LogP contribution in [0.4, 0.5) is 20.2 Å². The van der Waals surface area contributed by atoms with Crippen LogP contribution in [0.5, 0.6) is 0 Å². The zero-order valence-electron chi connectivity index (χ0n) is 20.8. The summed E-state index contributed by atoms with van der Waals surface area (Å²) in [5, 5.41) is 17.1. The first-order chi connectivity index (χ1) is 17.1. The molecule has 2 aromatic rings. The van der Waals surface area contributed by atoms with Gasteiger partial charge in [-0.1, -0.05) is 13.0 Å². The minimum Gasteiger partial charge on any atom is -0.481 e. The lowest BCUT2D eigenvalue weighted by Gasteiger charge is -2.11. The van der Waals surface area contributed by atoms with Crippen LogP contribution in [-0.4, -0.2) is 36.3 Å². The Labute approximate surface area is 210 Å². The molecule has 2 rings (SSSR count). The second-order valence-corrected chi connectivity index (χ2v) is 8.21. The molecule has 0 spiro atoms. The van der Waals surface area contributed by atoms with Crippen molar-refractivity contribution in [1.29, 1.82) is 0 Å². The molecule has 9 heteroatoms. The molecule has 0 bridgehead atoms. The smallest absolute Gasteiger partial charge is 0.303 e. The molecule has 0 aromatic heterocycles. The van der Waals surface area contributed by atoms with Gasteiger partial charge in [0.15, 0.2) is 11.6 Å². The van der Waals surface area contributed by atoms with Gasteiger partial charge in [-0.2, -0.15) is 0 Å². The Balaban J connectivity index is 1.91. The summed E-state index contributed by atoms with van der Waals surface area (Å²) in [6.07, 6.45) is 3.63. The van der Waals surface area contributed by atoms with Crippen LogP contribution >= 0.6 is 0 Å². The number of hydrogen-bond acceptors (Lipinski definition) is 5. The zero-order valence-corrected chi connectivity index (χ0v) is 20.8. The molecule has 0 unspecified atom stereocenters. The highest BCUT2D eigenvalue weighted by Crippen LogP contribution is 2.25. The first-order valence-electron chi connectivity index (χ1n) is 11.6. The third kappa shape index (κ3) is 8.33. The number of carboxylic acid groups (broad SMARTS) is 1. The number of allylic oxidation sites excluding steroid dienone is 2. The van der Waals surface area contributed by atoms with E-state index in [1.165, 1.54) is 25.4 Å². The summed E-state index contributed by atoms with van der Waals surface area (Å²) in [7, 11) is 1.52. The third-order valence-electron chi connectivity index (χ3n) is 5.46. The van der Waals surface area contributed by atoms with E-state index in [0.29, 0.717) is 47.6 Å². The van der Waals surface area contributed by atoms with Crippen LogP contribution in [0.1, 0.15) is 55.5 Å². The second kappa shape index (κ2) is 13.8. The van der Waals surface area contributed by atoms with Crippen molar-refractivity contribution in [2.75, 3.05) is 24.2 Å². The van der Waals surface area contributed by atoms with Gasteiger partial charge in [-0.3, -0.25) is 14.6 Å². The Bertz CT molecular complexity index is 1160. The van der Waals surface area contributed by atoms with Crippen LogP contribution in [0, 0.1) is 11.6 Å². The highest BCUT2D eigenvalue weighted by atomic mass is 19.2. The Kier molecular flexibility index (Phi) is 10.8. The Morgan fingerprint density at radius 2 is 1.72 bits per heavy atom. The fourth-order valence-electron chi connectivity index (χ4n) is 3.24. The molecule has 0 atom stereocenters. The van der Waals surface area contributed by atoms with Crippen LogP contribution in [-0.2, 0) is 4.79 Å². The van der Waals surface area contributed by atoms with Gasteiger partial charge < -0.3 is 21.1 Å². The summed E-state index contributed by atoms with van der Waals surface area (Å²) in [5.74, 6) is -2.90. The number of aliphatic imine (C=N–C) groups is 1. The zero-order chi connectivity index (χ0) is 26.7. The number of amides is 1. The maximum atomic E-state index is 14.3. The Morgan fingerprint density at radius 3 is 2.36 bits per heavy atom. The predicted octanol–water partition coefficient (Wildman–Crippen LogP) is 5.83. The first-order valence-corrected chi connectivity index (χ1v) is 11.6. The van der Waals surface area contributed by atoms with Crippen molar-refractivity contribution >= 4 is 34.5 Å². The number of nitrogens with one attached hydrogen (secondary N) is 3. The summed E-state index contributed by atoms with van der Waals surface area (Å²) in [6, 6.07) is 9.79. The van der Waals surface area contributed by atoms with E-state index in [0.717, 1.165) is 6.42 Å². The van der Waals surface area contributed by atoms with E-state index >= 15 is 0 Å². The lowest BCUT2D eigenvalue weighted by atomic mass is 10.1. The molecule has 0 aliphatic carbocycles. The molecule has 2 aromatic carbocycles. The van der Waals surface area contributed by atoms with Crippen LogP contribution in [0.2, 0.25) is 0 Å². The van der Waals surface area contributed by atoms with Crippen LogP contribution in [0.3, 0.4) is 0 Å². The summed E-state index contributed by atoms with van der Waals surface area (Å²) >= 11 is 0. The molecular formula is C27H32F2N4O3. The number of carbonyl (C=O) groups is 2. The minimum atomic E-state index is -0.942. The number of unbranched alkanes of at least 4 members (excludes halogenated alkanes) is 2. The van der Waals surface area contributed by atoms with Gasteiger partial charge in [0.05, 0.1) is 17.1 Å². The van der Waals surface area contributed by atoms with Gasteiger partial charge in [0.25, 0.3) is 5.91 Å². The predicted molar refractivity (Wildman–Crippen MR) is 140 cm³/mol. The number of anilines is 2. The molecule has 0 saturated carbocycles.